The van der Waals surface area contributed by atoms with Crippen LogP contribution in [0.25, 0.3) is 38.6 Å². The summed E-state index contributed by atoms with van der Waals surface area (Å²) in [6, 6.07) is -4.14. The summed E-state index contributed by atoms with van der Waals surface area (Å²) in [7, 11) is 0. The van der Waals surface area contributed by atoms with Crippen molar-refractivity contribution in [2.24, 2.45) is 0 Å². The van der Waals surface area contributed by atoms with Crippen LogP contribution in [0.4, 0.5) is 5.69 Å². The highest BCUT2D eigenvalue weighted by Gasteiger charge is 2.17. The number of hydrogen-bond donors (Lipinski definition) is 0. The Hall–Kier alpha value is -3.44. The molecule has 1 aromatic heterocycles. The first kappa shape index (κ1) is 8.93. The SMILES string of the molecule is [2H]c1c([2H])c([2H])c(-c2c([2H])c([2H])c3c4c([2H])c([2H])c([2H])c([2H])c4n(-c4ccc(Br)c([N+](=O)[O-])c4)c3c2[2H])c([2H])c1[2H]. The highest BCUT2D eigenvalue weighted by atomic mass is 79.9. The van der Waals surface area contributed by atoms with Gasteiger partial charge in [-0.15, -0.1) is 0 Å². The van der Waals surface area contributed by atoms with Gasteiger partial charge in [-0.1, -0.05) is 60.4 Å². The lowest BCUT2D eigenvalue weighted by Crippen LogP contribution is -1.97. The molecule has 29 heavy (non-hydrogen) atoms. The van der Waals surface area contributed by atoms with Crippen molar-refractivity contribution in [3.8, 4) is 16.8 Å². The fraction of sp³-hybridized carbons (Fsp3) is 0. The molecular formula is C24H15BrN2O2. The van der Waals surface area contributed by atoms with E-state index in [0.29, 0.717) is 0 Å². The number of rotatable bonds is 3. The number of para-hydroxylation sites is 1. The molecule has 5 rings (SSSR count). The monoisotopic (exact) mass is 454 g/mol. The summed E-state index contributed by atoms with van der Waals surface area (Å²) in [5, 5.41) is 11.3. The van der Waals surface area contributed by atoms with Gasteiger partial charge < -0.3 is 4.57 Å². The Kier molecular flexibility index (Phi) is 2.11. The van der Waals surface area contributed by atoms with Gasteiger partial charge in [0, 0.05) is 16.8 Å². The maximum atomic E-state index is 11.7. The second kappa shape index (κ2) is 6.87. The summed E-state index contributed by atoms with van der Waals surface area (Å²) in [6.07, 6.45) is 0. The second-order valence-corrected chi connectivity index (χ2v) is 6.78. The maximum absolute atomic E-state index is 11.7. The highest BCUT2D eigenvalue weighted by Crippen LogP contribution is 2.36. The molecule has 5 heteroatoms. The number of hydrogen-bond acceptors (Lipinski definition) is 2. The highest BCUT2D eigenvalue weighted by molar-refractivity contribution is 9.10. The first-order valence-corrected chi connectivity index (χ1v) is 8.98. The first-order chi connectivity index (χ1) is 19.1. The van der Waals surface area contributed by atoms with Crippen LogP contribution in [0.2, 0.25) is 0 Å². The lowest BCUT2D eigenvalue weighted by molar-refractivity contribution is -0.385. The van der Waals surface area contributed by atoms with Crippen LogP contribution >= 0.6 is 15.9 Å². The third-order valence-corrected chi connectivity index (χ3v) is 4.96. The van der Waals surface area contributed by atoms with Crippen LogP contribution in [0.15, 0.2) is 95.2 Å². The summed E-state index contributed by atoms with van der Waals surface area (Å²) in [5.74, 6) is 0. The Morgan fingerprint density at radius 1 is 0.862 bits per heavy atom. The molecule has 4 aromatic carbocycles. The van der Waals surface area contributed by atoms with Gasteiger partial charge >= 0.3 is 0 Å². The van der Waals surface area contributed by atoms with Gasteiger partial charge in [0.05, 0.1) is 42.6 Å². The molecule has 0 aliphatic rings. The van der Waals surface area contributed by atoms with Crippen molar-refractivity contribution < 1.29 is 21.4 Å². The lowest BCUT2D eigenvalue weighted by Gasteiger charge is -2.09. The van der Waals surface area contributed by atoms with Crippen LogP contribution in [0.3, 0.4) is 0 Å². The molecule has 0 radical (unpaired) electrons. The molecule has 4 nitrogen and oxygen atoms in total. The molecule has 0 N–H and O–H groups in total. The minimum absolute atomic E-state index is 0.0115. The van der Waals surface area contributed by atoms with E-state index < -0.39 is 94.2 Å². The standard InChI is InChI=1S/C24H15BrN2O2/c25-21-13-11-18(15-24(21)27(28)29)26-22-9-5-4-8-19(22)20-12-10-17(14-23(20)26)16-6-2-1-3-7-16/h1-15H/i1D,2D,3D,4D,5D,6D,7D,8D,9D,10D,12D,14D. The Labute approximate surface area is 192 Å². The van der Waals surface area contributed by atoms with Gasteiger partial charge in [-0.2, -0.15) is 0 Å². The molecule has 0 aliphatic carbocycles. The van der Waals surface area contributed by atoms with Crippen LogP contribution in [0.5, 0.6) is 0 Å². The molecule has 0 fully saturated rings. The van der Waals surface area contributed by atoms with Crippen molar-refractivity contribution in [2.45, 2.75) is 0 Å². The van der Waals surface area contributed by atoms with Gasteiger partial charge in [-0.25, -0.2) is 0 Å². The van der Waals surface area contributed by atoms with E-state index in [2.05, 4.69) is 15.9 Å². The number of fused-ring (bicyclic) bond motifs is 3. The molecule has 5 aromatic rings. The predicted molar refractivity (Wildman–Crippen MR) is 121 cm³/mol. The van der Waals surface area contributed by atoms with Crippen LogP contribution in [0, 0.1) is 10.1 Å². The summed E-state index contributed by atoms with van der Waals surface area (Å²) in [6.45, 7) is 0. The molecule has 1 heterocycles. The van der Waals surface area contributed by atoms with Crippen molar-refractivity contribution >= 4 is 43.4 Å². The van der Waals surface area contributed by atoms with Crippen molar-refractivity contribution in [1.29, 1.82) is 0 Å². The molecule has 0 saturated carbocycles. The number of aromatic nitrogens is 1. The average molecular weight is 455 g/mol. The molecule has 0 aliphatic heterocycles. The fourth-order valence-electron chi connectivity index (χ4n) is 3.05. The Morgan fingerprint density at radius 3 is 2.38 bits per heavy atom. The van der Waals surface area contributed by atoms with E-state index in [4.69, 9.17) is 16.4 Å². The largest absolute Gasteiger partial charge is 0.309 e. The van der Waals surface area contributed by atoms with E-state index in [1.807, 2.05) is 0 Å². The minimum atomic E-state index is -0.727. The van der Waals surface area contributed by atoms with Gasteiger partial charge in [0.2, 0.25) is 0 Å². The van der Waals surface area contributed by atoms with Gasteiger partial charge in [0.15, 0.2) is 0 Å². The van der Waals surface area contributed by atoms with E-state index in [-0.39, 0.29) is 32.0 Å². The normalized spacial score (nSPS) is 17.0. The zero-order valence-corrected chi connectivity index (χ0v) is 15.9. The molecule has 0 atom stereocenters. The smallest absolute Gasteiger partial charge is 0.285 e. The average Bonchev–Trinajstić information content (AvgIpc) is 3.30. The molecule has 0 saturated heterocycles. The molecule has 0 unspecified atom stereocenters. The zero-order chi connectivity index (χ0) is 30.4. The van der Waals surface area contributed by atoms with Gasteiger partial charge in [0.1, 0.15) is 0 Å². The van der Waals surface area contributed by atoms with Crippen LogP contribution < -0.4 is 0 Å². The van der Waals surface area contributed by atoms with Crippen molar-refractivity contribution in [3.63, 3.8) is 0 Å². The number of nitro groups is 1. The Morgan fingerprint density at radius 2 is 1.59 bits per heavy atom. The van der Waals surface area contributed by atoms with E-state index in [9.17, 15) is 10.1 Å². The van der Waals surface area contributed by atoms with Crippen molar-refractivity contribution in [1.82, 2.24) is 4.57 Å². The quantitative estimate of drug-likeness (QED) is 0.215. The topological polar surface area (TPSA) is 48.1 Å². The lowest BCUT2D eigenvalue weighted by atomic mass is 10.0. The molecule has 0 bridgehead atoms. The summed E-state index contributed by atoms with van der Waals surface area (Å²) in [5.41, 5.74) is -1.90. The second-order valence-electron chi connectivity index (χ2n) is 5.93. The number of benzene rings is 4. The predicted octanol–water partition coefficient (Wildman–Crippen LogP) is 7.12. The molecule has 0 amide bonds. The Bertz CT molecular complexity index is 2000. The van der Waals surface area contributed by atoms with E-state index in [0.717, 1.165) is 10.6 Å². The van der Waals surface area contributed by atoms with Crippen molar-refractivity contribution in [2.75, 3.05) is 0 Å². The number of halogens is 1. The van der Waals surface area contributed by atoms with Crippen LogP contribution in [-0.4, -0.2) is 9.49 Å². The van der Waals surface area contributed by atoms with E-state index in [1.54, 1.807) is 0 Å². The number of nitro benzene ring substituents is 1. The van der Waals surface area contributed by atoms with Gasteiger partial charge in [0.25, 0.3) is 5.69 Å². The maximum Gasteiger partial charge on any atom is 0.285 e. The van der Waals surface area contributed by atoms with Gasteiger partial charge in [-0.3, -0.25) is 10.1 Å². The fourth-order valence-corrected chi connectivity index (χ4v) is 3.44. The van der Waals surface area contributed by atoms with E-state index >= 15 is 0 Å². The van der Waals surface area contributed by atoms with E-state index in [1.165, 1.54) is 12.1 Å². The molecule has 140 valence electrons. The summed E-state index contributed by atoms with van der Waals surface area (Å²) in [4.78, 5) is 11.0. The summed E-state index contributed by atoms with van der Waals surface area (Å²) >= 11 is 3.10. The third kappa shape index (κ3) is 2.91. The minimum Gasteiger partial charge on any atom is -0.309 e. The van der Waals surface area contributed by atoms with Crippen molar-refractivity contribution in [3.05, 3.63) is 105 Å². The number of nitrogens with zero attached hydrogens (tertiary/aromatic N) is 2. The zero-order valence-electron chi connectivity index (χ0n) is 26.3. The van der Waals surface area contributed by atoms with Gasteiger partial charge in [-0.05, 0) is 51.3 Å². The third-order valence-electron chi connectivity index (χ3n) is 4.29. The molecule has 0 spiro atoms. The van der Waals surface area contributed by atoms with Crippen LogP contribution in [0.1, 0.15) is 16.4 Å². The first-order valence-electron chi connectivity index (χ1n) is 14.2. The summed E-state index contributed by atoms with van der Waals surface area (Å²) < 4.78 is 102. The Balaban J connectivity index is 2.13. The van der Waals surface area contributed by atoms with Crippen LogP contribution in [-0.2, 0) is 0 Å². The molecular weight excluding hydrogens is 428 g/mol.